The van der Waals surface area contributed by atoms with Crippen molar-refractivity contribution in [3.63, 3.8) is 0 Å². The van der Waals surface area contributed by atoms with Crippen LogP contribution in [0, 0.1) is 34.4 Å². The Balaban J connectivity index is 1.04. The number of nitrogens with zero attached hydrogens (tertiary/aromatic N) is 3. The van der Waals surface area contributed by atoms with Gasteiger partial charge < -0.3 is 34.6 Å². The predicted molar refractivity (Wildman–Crippen MR) is 191 cm³/mol. The molecule has 51 heavy (non-hydrogen) atoms. The Labute approximate surface area is 300 Å². The normalized spacial score (nSPS) is 22.1. The second-order valence-electron chi connectivity index (χ2n) is 14.1. The molecule has 2 aromatic carbocycles. The van der Waals surface area contributed by atoms with Gasteiger partial charge in [-0.2, -0.15) is 18.4 Å². The fourth-order valence-electron chi connectivity index (χ4n) is 7.83. The number of nitrogens with one attached hydrogen (secondary N) is 2. The van der Waals surface area contributed by atoms with Gasteiger partial charge in [-0.1, -0.05) is 24.0 Å². The van der Waals surface area contributed by atoms with E-state index in [-0.39, 0.29) is 24.8 Å². The van der Waals surface area contributed by atoms with Crippen LogP contribution >= 0.6 is 11.3 Å². The van der Waals surface area contributed by atoms with Crippen molar-refractivity contribution in [3.05, 3.63) is 46.6 Å². The number of hydrogen-bond acceptors (Lipinski definition) is 9. The van der Waals surface area contributed by atoms with Crippen molar-refractivity contribution in [2.45, 2.75) is 63.2 Å². The van der Waals surface area contributed by atoms with E-state index < -0.39 is 18.4 Å². The highest BCUT2D eigenvalue weighted by Crippen LogP contribution is 2.42. The van der Waals surface area contributed by atoms with Crippen molar-refractivity contribution in [2.24, 2.45) is 5.41 Å². The average molecular weight is 726 g/mol. The van der Waals surface area contributed by atoms with Crippen LogP contribution in [0.3, 0.4) is 0 Å². The van der Waals surface area contributed by atoms with Gasteiger partial charge in [-0.25, -0.2) is 4.39 Å². The molecule has 1 saturated carbocycles. The highest BCUT2D eigenvalue weighted by molar-refractivity contribution is 7.20. The number of rotatable bonds is 9. The first kappa shape index (κ1) is 35.6. The van der Waals surface area contributed by atoms with E-state index in [1.54, 1.807) is 12.1 Å². The predicted octanol–water partition coefficient (Wildman–Crippen LogP) is 7.18. The van der Waals surface area contributed by atoms with Crippen LogP contribution in [0.5, 0.6) is 5.75 Å². The minimum Gasteiger partial charge on any atom is -0.477 e. The molecular weight excluding hydrogens is 683 g/mol. The summed E-state index contributed by atoms with van der Waals surface area (Å²) >= 11 is 1.27. The van der Waals surface area contributed by atoms with Crippen LogP contribution in [0.1, 0.15) is 49.0 Å². The van der Waals surface area contributed by atoms with Gasteiger partial charge >= 0.3 is 6.18 Å². The summed E-state index contributed by atoms with van der Waals surface area (Å²) < 4.78 is 74.0. The quantitative estimate of drug-likeness (QED) is 0.178. The Morgan fingerprint density at radius 2 is 1.76 bits per heavy atom. The lowest BCUT2D eigenvalue weighted by atomic mass is 9.76. The molecule has 1 aliphatic carbocycles. The first-order valence-electron chi connectivity index (χ1n) is 17.8. The van der Waals surface area contributed by atoms with Crippen molar-refractivity contribution in [2.75, 3.05) is 81.3 Å². The first-order chi connectivity index (χ1) is 24.7. The highest BCUT2D eigenvalue weighted by Gasteiger charge is 2.42. The molecule has 2 N–H and O–H groups in total. The number of nitriles is 1. The summed E-state index contributed by atoms with van der Waals surface area (Å²) in [6.45, 7) is 5.89. The summed E-state index contributed by atoms with van der Waals surface area (Å²) in [6.07, 6.45) is 1.18. The third-order valence-electron chi connectivity index (χ3n) is 10.7. The maximum atomic E-state index is 15.2. The summed E-state index contributed by atoms with van der Waals surface area (Å²) in [4.78, 5) is 4.87. The van der Waals surface area contributed by atoms with Crippen LogP contribution in [0.25, 0.3) is 10.1 Å². The molecular formula is C38H43F4N5O3S. The van der Waals surface area contributed by atoms with Crippen LogP contribution in [0.15, 0.2) is 30.3 Å². The zero-order valence-corrected chi connectivity index (χ0v) is 29.4. The van der Waals surface area contributed by atoms with E-state index in [2.05, 4.69) is 27.4 Å². The highest BCUT2D eigenvalue weighted by atomic mass is 32.1. The number of thiophene rings is 1. The SMILES string of the molecule is N#CCOc1cc(N2CCOCC2)c(F)cc1NCC#Cc1sc2c(NC3CCC(N4CCC5(CC4)COC5)CC3)cccc2c1CC(F)(F)F. The van der Waals surface area contributed by atoms with Crippen molar-refractivity contribution in [3.8, 4) is 23.7 Å². The van der Waals surface area contributed by atoms with Crippen LogP contribution in [-0.2, 0) is 15.9 Å². The van der Waals surface area contributed by atoms with E-state index >= 15 is 4.39 Å². The molecule has 3 aromatic rings. The zero-order valence-electron chi connectivity index (χ0n) is 28.5. The Kier molecular flexibility index (Phi) is 10.8. The lowest BCUT2D eigenvalue weighted by molar-refractivity contribution is -0.143. The molecule has 1 spiro atoms. The molecule has 8 nitrogen and oxygen atoms in total. The van der Waals surface area contributed by atoms with Gasteiger partial charge in [0.05, 0.1) is 66.0 Å². The molecule has 1 aromatic heterocycles. The van der Waals surface area contributed by atoms with Crippen LogP contribution < -0.4 is 20.3 Å². The van der Waals surface area contributed by atoms with Gasteiger partial charge in [0.1, 0.15) is 17.6 Å². The number of likely N-dealkylation sites (tertiary alicyclic amines) is 1. The first-order valence-corrected chi connectivity index (χ1v) is 18.6. The van der Waals surface area contributed by atoms with E-state index in [0.717, 1.165) is 62.4 Å². The van der Waals surface area contributed by atoms with Gasteiger partial charge in [0.15, 0.2) is 6.61 Å². The third-order valence-corrected chi connectivity index (χ3v) is 11.9. The maximum Gasteiger partial charge on any atom is 0.393 e. The number of ether oxygens (including phenoxy) is 3. The van der Waals surface area contributed by atoms with E-state index in [4.69, 9.17) is 19.5 Å². The summed E-state index contributed by atoms with van der Waals surface area (Å²) in [6, 6.07) is 11.1. The van der Waals surface area contributed by atoms with E-state index in [1.807, 2.05) is 23.1 Å². The van der Waals surface area contributed by atoms with Gasteiger partial charge in [-0.15, -0.1) is 11.3 Å². The number of alkyl halides is 3. The second-order valence-corrected chi connectivity index (χ2v) is 15.1. The Morgan fingerprint density at radius 3 is 2.45 bits per heavy atom. The number of fused-ring (bicyclic) bond motifs is 1. The van der Waals surface area contributed by atoms with Crippen LogP contribution in [0.4, 0.5) is 34.6 Å². The van der Waals surface area contributed by atoms with Crippen molar-refractivity contribution in [1.82, 2.24) is 4.90 Å². The summed E-state index contributed by atoms with van der Waals surface area (Å²) in [5.41, 5.74) is 2.09. The summed E-state index contributed by atoms with van der Waals surface area (Å²) in [5.74, 6) is 5.75. The van der Waals surface area contributed by atoms with Crippen LogP contribution in [0.2, 0.25) is 0 Å². The second kappa shape index (κ2) is 15.5. The van der Waals surface area contributed by atoms with E-state index in [0.29, 0.717) is 65.1 Å². The fraction of sp³-hybridized carbons (Fsp3) is 0.553. The van der Waals surface area contributed by atoms with Crippen molar-refractivity contribution < 1.29 is 31.8 Å². The molecule has 4 heterocycles. The molecule has 0 unspecified atom stereocenters. The largest absolute Gasteiger partial charge is 0.477 e. The molecule has 3 aliphatic heterocycles. The van der Waals surface area contributed by atoms with Gasteiger partial charge in [0.25, 0.3) is 0 Å². The summed E-state index contributed by atoms with van der Waals surface area (Å²) in [7, 11) is 0. The molecule has 4 fully saturated rings. The van der Waals surface area contributed by atoms with Gasteiger partial charge in [0, 0.05) is 42.7 Å². The van der Waals surface area contributed by atoms with Gasteiger partial charge in [-0.3, -0.25) is 0 Å². The average Bonchev–Trinajstić information content (AvgIpc) is 3.46. The lowest BCUT2D eigenvalue weighted by Gasteiger charge is -2.49. The molecule has 4 aliphatic rings. The Morgan fingerprint density at radius 1 is 1.00 bits per heavy atom. The molecule has 0 bridgehead atoms. The zero-order chi connectivity index (χ0) is 35.4. The number of anilines is 3. The van der Waals surface area contributed by atoms with Crippen molar-refractivity contribution in [1.29, 1.82) is 5.26 Å². The lowest BCUT2D eigenvalue weighted by Crippen LogP contribution is -2.53. The number of halogens is 4. The Hall–Kier alpha value is -3.75. The molecule has 0 radical (unpaired) electrons. The van der Waals surface area contributed by atoms with E-state index in [9.17, 15) is 13.2 Å². The number of hydrogen-bond donors (Lipinski definition) is 2. The number of benzene rings is 2. The van der Waals surface area contributed by atoms with Gasteiger partial charge in [0.2, 0.25) is 0 Å². The number of morpholine rings is 1. The number of piperidine rings is 1. The smallest absolute Gasteiger partial charge is 0.393 e. The summed E-state index contributed by atoms with van der Waals surface area (Å²) in [5, 5.41) is 16.4. The van der Waals surface area contributed by atoms with Gasteiger partial charge in [-0.05, 0) is 68.6 Å². The minimum absolute atomic E-state index is 0.0269. The minimum atomic E-state index is -4.41. The monoisotopic (exact) mass is 725 g/mol. The molecule has 0 amide bonds. The molecule has 7 rings (SSSR count). The fourth-order valence-corrected chi connectivity index (χ4v) is 9.00. The van der Waals surface area contributed by atoms with Crippen LogP contribution in [-0.4, -0.2) is 88.9 Å². The molecule has 13 heteroatoms. The maximum absolute atomic E-state index is 15.2. The third kappa shape index (κ3) is 8.33. The van der Waals surface area contributed by atoms with E-state index in [1.165, 1.54) is 30.2 Å². The molecule has 272 valence electrons. The van der Waals surface area contributed by atoms with Crippen molar-refractivity contribution >= 4 is 38.5 Å². The standard InChI is InChI=1S/C38H43F4N5O3S/c39-30-21-32(34(50-18-12-43)22-33(30)47-16-19-48-20-17-47)44-13-2-5-35-29(23-38(40,41)42)28-3-1-4-31(36(28)51-35)45-26-6-8-27(9-7-26)46-14-10-37(11-15-46)24-49-25-37/h1,3-4,21-22,26-27,44-45H,6-11,13-20,23-25H2. The molecule has 3 saturated heterocycles. The molecule has 0 atom stereocenters. The Bertz CT molecular complexity index is 1790. The topological polar surface area (TPSA) is 82.0 Å².